The third kappa shape index (κ3) is 2.98. The molecule has 0 amide bonds. The van der Waals surface area contributed by atoms with E-state index in [-0.39, 0.29) is 11.7 Å². The van der Waals surface area contributed by atoms with Crippen LogP contribution in [-0.2, 0) is 0 Å². The molecule has 1 saturated heterocycles. The van der Waals surface area contributed by atoms with E-state index < -0.39 is 4.92 Å². The molecule has 2 aromatic rings. The lowest BCUT2D eigenvalue weighted by Crippen LogP contribution is -2.36. The maximum absolute atomic E-state index is 11.5. The van der Waals surface area contributed by atoms with E-state index in [0.717, 1.165) is 30.9 Å². The molecule has 1 aliphatic heterocycles. The first-order valence-corrected chi connectivity index (χ1v) is 8.01. The molecule has 3 rings (SSSR count). The van der Waals surface area contributed by atoms with Gasteiger partial charge in [-0.2, -0.15) is 5.26 Å². The Kier molecular flexibility index (Phi) is 4.26. The quantitative estimate of drug-likeness (QED) is 0.619. The Bertz CT molecular complexity index is 806. The van der Waals surface area contributed by atoms with Crippen LogP contribution in [-0.4, -0.2) is 11.5 Å². The molecule has 1 aromatic carbocycles. The zero-order chi connectivity index (χ0) is 17.3. The normalized spacial score (nSPS) is 20.6. The minimum atomic E-state index is -0.418. The number of aryl methyl sites for hydroxylation is 1. The van der Waals surface area contributed by atoms with Crippen molar-refractivity contribution >= 4 is 11.4 Å². The fourth-order valence-electron chi connectivity index (χ4n) is 3.31. The monoisotopic (exact) mass is 325 g/mol. The predicted octanol–water partition coefficient (Wildman–Crippen LogP) is 4.35. The van der Waals surface area contributed by atoms with Crippen molar-refractivity contribution in [3.63, 3.8) is 0 Å². The van der Waals surface area contributed by atoms with E-state index in [1.54, 1.807) is 12.1 Å². The number of furan rings is 1. The third-order valence-electron chi connectivity index (χ3n) is 4.56. The number of anilines is 1. The summed E-state index contributed by atoms with van der Waals surface area (Å²) in [5.41, 5.74) is 0.808. The highest BCUT2D eigenvalue weighted by molar-refractivity contribution is 5.66. The average Bonchev–Trinajstić information content (AvgIpc) is 3.00. The lowest BCUT2D eigenvalue weighted by Gasteiger charge is -2.38. The molecule has 2 unspecified atom stereocenters. The molecule has 124 valence electrons. The Morgan fingerprint density at radius 1 is 1.38 bits per heavy atom. The molecule has 1 aromatic heterocycles. The molecule has 1 aliphatic rings. The van der Waals surface area contributed by atoms with Crippen LogP contribution in [0.5, 0.6) is 0 Å². The summed E-state index contributed by atoms with van der Waals surface area (Å²) in [5, 5.41) is 20.5. The van der Waals surface area contributed by atoms with Crippen LogP contribution in [0.15, 0.2) is 34.7 Å². The van der Waals surface area contributed by atoms with Crippen molar-refractivity contribution in [3.8, 4) is 6.07 Å². The second-order valence-corrected chi connectivity index (χ2v) is 6.36. The summed E-state index contributed by atoms with van der Waals surface area (Å²) in [7, 11) is 0. The Morgan fingerprint density at radius 3 is 2.79 bits per heavy atom. The van der Waals surface area contributed by atoms with Gasteiger partial charge in [-0.1, -0.05) is 6.92 Å². The Balaban J connectivity index is 2.05. The average molecular weight is 325 g/mol. The summed E-state index contributed by atoms with van der Waals surface area (Å²) < 4.78 is 5.80. The first kappa shape index (κ1) is 16.1. The van der Waals surface area contributed by atoms with Gasteiger partial charge in [0.05, 0.1) is 22.6 Å². The number of hydrogen-bond donors (Lipinski definition) is 0. The van der Waals surface area contributed by atoms with Gasteiger partial charge >= 0.3 is 0 Å². The highest BCUT2D eigenvalue weighted by atomic mass is 16.6. The molecule has 0 aliphatic carbocycles. The number of nitrogens with zero attached hydrogens (tertiary/aromatic N) is 3. The van der Waals surface area contributed by atoms with Crippen LogP contribution in [0.1, 0.15) is 42.9 Å². The molecule has 6 nitrogen and oxygen atoms in total. The van der Waals surface area contributed by atoms with Crippen LogP contribution >= 0.6 is 0 Å². The first-order chi connectivity index (χ1) is 11.5. The van der Waals surface area contributed by atoms with Crippen molar-refractivity contribution in [1.29, 1.82) is 5.26 Å². The molecule has 0 spiro atoms. The molecule has 24 heavy (non-hydrogen) atoms. The van der Waals surface area contributed by atoms with Crippen LogP contribution in [0.3, 0.4) is 0 Å². The van der Waals surface area contributed by atoms with E-state index in [2.05, 4.69) is 6.92 Å². The van der Waals surface area contributed by atoms with Gasteiger partial charge in [-0.3, -0.25) is 10.1 Å². The summed E-state index contributed by atoms with van der Waals surface area (Å²) >= 11 is 0. The van der Waals surface area contributed by atoms with Crippen molar-refractivity contribution in [2.75, 3.05) is 11.4 Å². The zero-order valence-electron chi connectivity index (χ0n) is 13.7. The Morgan fingerprint density at radius 2 is 2.17 bits per heavy atom. The number of nitriles is 1. The predicted molar refractivity (Wildman–Crippen MR) is 89.7 cm³/mol. The zero-order valence-corrected chi connectivity index (χ0v) is 13.7. The van der Waals surface area contributed by atoms with Gasteiger partial charge in [0.2, 0.25) is 0 Å². The van der Waals surface area contributed by atoms with Gasteiger partial charge in [0.1, 0.15) is 17.2 Å². The van der Waals surface area contributed by atoms with Crippen LogP contribution in [0.4, 0.5) is 11.4 Å². The van der Waals surface area contributed by atoms with Crippen molar-refractivity contribution < 1.29 is 9.34 Å². The molecule has 6 heteroatoms. The summed E-state index contributed by atoms with van der Waals surface area (Å²) in [6.45, 7) is 4.80. The molecular formula is C18H19N3O3. The van der Waals surface area contributed by atoms with Crippen molar-refractivity contribution in [2.24, 2.45) is 5.92 Å². The van der Waals surface area contributed by atoms with Crippen molar-refractivity contribution in [3.05, 3.63) is 57.5 Å². The second kappa shape index (κ2) is 6.36. The summed E-state index contributed by atoms with van der Waals surface area (Å²) in [6.07, 6.45) is 1.84. The SMILES string of the molecule is Cc1ccc(C2CC(C)CCN2c2ccc(C#N)cc2[N+](=O)[O-])o1. The second-order valence-electron chi connectivity index (χ2n) is 6.36. The number of nitro groups is 1. The fraction of sp³-hybridized carbons (Fsp3) is 0.389. The van der Waals surface area contributed by atoms with Gasteiger partial charge in [-0.15, -0.1) is 0 Å². The molecule has 0 radical (unpaired) electrons. The van der Waals surface area contributed by atoms with E-state index in [9.17, 15) is 10.1 Å². The Labute approximate surface area is 140 Å². The minimum absolute atomic E-state index is 0.0307. The summed E-state index contributed by atoms with van der Waals surface area (Å²) in [5.74, 6) is 2.18. The topological polar surface area (TPSA) is 83.3 Å². The maximum atomic E-state index is 11.5. The van der Waals surface area contributed by atoms with Gasteiger partial charge < -0.3 is 9.32 Å². The van der Waals surface area contributed by atoms with Gasteiger partial charge in [-0.25, -0.2) is 0 Å². The Hall–Kier alpha value is -2.81. The van der Waals surface area contributed by atoms with Gasteiger partial charge in [0, 0.05) is 12.6 Å². The number of rotatable bonds is 3. The largest absolute Gasteiger partial charge is 0.464 e. The van der Waals surface area contributed by atoms with Crippen LogP contribution in [0.2, 0.25) is 0 Å². The highest BCUT2D eigenvalue weighted by Crippen LogP contribution is 2.41. The molecular weight excluding hydrogens is 306 g/mol. The standard InChI is InChI=1S/C18H19N3O3/c1-12-7-8-20(17(9-12)18-6-3-13(2)24-18)15-5-4-14(11-19)10-16(15)21(22)23/h3-6,10,12,17H,7-9H2,1-2H3. The maximum Gasteiger partial charge on any atom is 0.293 e. The van der Waals surface area contributed by atoms with E-state index in [1.165, 1.54) is 6.07 Å². The van der Waals surface area contributed by atoms with E-state index in [4.69, 9.17) is 9.68 Å². The fourth-order valence-corrected chi connectivity index (χ4v) is 3.31. The molecule has 2 atom stereocenters. The minimum Gasteiger partial charge on any atom is -0.464 e. The number of nitro benzene ring substituents is 1. The van der Waals surface area contributed by atoms with Gasteiger partial charge in [0.25, 0.3) is 5.69 Å². The number of piperidine rings is 1. The van der Waals surface area contributed by atoms with Crippen LogP contribution < -0.4 is 4.90 Å². The van der Waals surface area contributed by atoms with Crippen molar-refractivity contribution in [2.45, 2.75) is 32.7 Å². The van der Waals surface area contributed by atoms with E-state index in [1.807, 2.05) is 30.0 Å². The molecule has 0 saturated carbocycles. The molecule has 2 heterocycles. The van der Waals surface area contributed by atoms with E-state index >= 15 is 0 Å². The lowest BCUT2D eigenvalue weighted by molar-refractivity contribution is -0.384. The smallest absolute Gasteiger partial charge is 0.293 e. The van der Waals surface area contributed by atoms with Crippen LogP contribution in [0, 0.1) is 34.3 Å². The van der Waals surface area contributed by atoms with Crippen LogP contribution in [0.25, 0.3) is 0 Å². The summed E-state index contributed by atoms with van der Waals surface area (Å²) in [4.78, 5) is 13.1. The lowest BCUT2D eigenvalue weighted by atomic mass is 9.90. The molecule has 1 fully saturated rings. The number of hydrogen-bond acceptors (Lipinski definition) is 5. The number of benzene rings is 1. The van der Waals surface area contributed by atoms with Gasteiger partial charge in [0.15, 0.2) is 0 Å². The summed E-state index contributed by atoms with van der Waals surface area (Å²) in [6, 6.07) is 10.4. The van der Waals surface area contributed by atoms with Gasteiger partial charge in [-0.05, 0) is 49.9 Å². The third-order valence-corrected chi connectivity index (χ3v) is 4.56. The van der Waals surface area contributed by atoms with Crippen molar-refractivity contribution in [1.82, 2.24) is 0 Å². The van der Waals surface area contributed by atoms with E-state index in [0.29, 0.717) is 17.2 Å². The molecule has 0 bridgehead atoms. The molecule has 0 N–H and O–H groups in total. The first-order valence-electron chi connectivity index (χ1n) is 8.01. The highest BCUT2D eigenvalue weighted by Gasteiger charge is 2.33.